The molecular weight excluding hydrogens is 528 g/mol. The van der Waals surface area contributed by atoms with Gasteiger partial charge in [-0.15, -0.1) is 0 Å². The highest BCUT2D eigenvalue weighted by Crippen LogP contribution is 2.24. The summed E-state index contributed by atoms with van der Waals surface area (Å²) in [6.07, 6.45) is 1.25. The van der Waals surface area contributed by atoms with Crippen molar-refractivity contribution >= 4 is 54.2 Å². The molecule has 1 aliphatic heterocycles. The first-order chi connectivity index (χ1) is 16.7. The molecule has 13 heteroatoms. The fraction of sp³-hybridized carbons (Fsp3) is 0.478. The Labute approximate surface area is 217 Å². The minimum Gasteiger partial charge on any atom is -0.337 e. The van der Waals surface area contributed by atoms with E-state index in [1.807, 2.05) is 0 Å². The van der Waals surface area contributed by atoms with Crippen LogP contribution in [0.15, 0.2) is 41.3 Å². The quantitative estimate of drug-likeness (QED) is 0.454. The van der Waals surface area contributed by atoms with Gasteiger partial charge in [-0.3, -0.25) is 9.59 Å². The van der Waals surface area contributed by atoms with Crippen molar-refractivity contribution in [1.82, 2.24) is 19.2 Å². The van der Waals surface area contributed by atoms with Crippen molar-refractivity contribution < 1.29 is 26.4 Å². The summed E-state index contributed by atoms with van der Waals surface area (Å²) in [6.45, 7) is 5.58. The summed E-state index contributed by atoms with van der Waals surface area (Å²) in [5, 5.41) is 2.03. The fourth-order valence-corrected chi connectivity index (χ4v) is 6.06. The molecule has 0 radical (unpaired) electrons. The molecule has 0 saturated carbocycles. The number of hydrogen-bond acceptors (Lipinski definition) is 6. The zero-order valence-corrected chi connectivity index (χ0v) is 23.0. The molecule has 2 aromatic rings. The summed E-state index contributed by atoms with van der Waals surface area (Å²) in [7, 11) is -7.40. The van der Waals surface area contributed by atoms with Crippen LogP contribution in [0.4, 0.5) is 0 Å². The van der Waals surface area contributed by atoms with Gasteiger partial charge in [0.1, 0.15) is 12.1 Å². The lowest BCUT2D eigenvalue weighted by Crippen LogP contribution is -2.53. The first-order valence-corrected chi connectivity index (χ1v) is 15.2. The van der Waals surface area contributed by atoms with Gasteiger partial charge in [0.05, 0.1) is 11.2 Å². The predicted octanol–water partition coefficient (Wildman–Crippen LogP) is 1.55. The van der Waals surface area contributed by atoms with Crippen molar-refractivity contribution in [1.29, 1.82) is 0 Å². The lowest BCUT2D eigenvalue weighted by atomic mass is 10.1. The van der Waals surface area contributed by atoms with E-state index in [1.54, 1.807) is 45.0 Å². The number of hydrogen-bond donors (Lipinski definition) is 2. The molecule has 2 atom stereocenters. The van der Waals surface area contributed by atoms with E-state index in [9.17, 15) is 26.4 Å². The molecular formula is C23H31ClN4O6S2. The highest BCUT2D eigenvalue weighted by molar-refractivity contribution is 7.89. The molecule has 10 nitrogen and oxygen atoms in total. The van der Waals surface area contributed by atoms with E-state index in [2.05, 4.69) is 9.44 Å². The third-order valence-corrected chi connectivity index (χ3v) is 8.50. The number of sulfonamides is 2. The van der Waals surface area contributed by atoms with E-state index >= 15 is 0 Å². The highest BCUT2D eigenvalue weighted by Gasteiger charge is 2.40. The number of nitrogens with one attached hydrogen (secondary N) is 2. The second-order valence-electron chi connectivity index (χ2n) is 9.12. The standard InChI is InChI=1S/C23H31ClN4O6S2/c1-15(2)27(12-10-25-35(4,31)32)22(29)16(3)28-11-9-21(23(28)30)26-36(33,34)20-8-6-17-13-19(24)7-5-18(17)14-20/h5-8,13-16,21,25-26H,9-12H2,1-4H3. The van der Waals surface area contributed by atoms with Gasteiger partial charge in [0.15, 0.2) is 0 Å². The number of nitrogens with zero attached hydrogens (tertiary/aromatic N) is 2. The molecule has 36 heavy (non-hydrogen) atoms. The van der Waals surface area contributed by atoms with Crippen LogP contribution in [0.3, 0.4) is 0 Å². The van der Waals surface area contributed by atoms with Crippen LogP contribution in [0.1, 0.15) is 27.2 Å². The zero-order chi connectivity index (χ0) is 26.8. The summed E-state index contributed by atoms with van der Waals surface area (Å²) in [4.78, 5) is 29.1. The van der Waals surface area contributed by atoms with E-state index in [4.69, 9.17) is 11.6 Å². The van der Waals surface area contributed by atoms with Gasteiger partial charge in [0.25, 0.3) is 0 Å². The Morgan fingerprint density at radius 2 is 1.75 bits per heavy atom. The number of benzene rings is 2. The summed E-state index contributed by atoms with van der Waals surface area (Å²) >= 11 is 5.99. The average molecular weight is 559 g/mol. The van der Waals surface area contributed by atoms with Gasteiger partial charge in [-0.05, 0) is 62.2 Å². The van der Waals surface area contributed by atoms with Crippen LogP contribution in [0.25, 0.3) is 10.8 Å². The third kappa shape index (κ3) is 6.74. The Hall–Kier alpha value is -2.25. The Kier molecular flexibility index (Phi) is 8.67. The number of fused-ring (bicyclic) bond motifs is 1. The van der Waals surface area contributed by atoms with Gasteiger partial charge < -0.3 is 9.80 Å². The topological polar surface area (TPSA) is 133 Å². The van der Waals surface area contributed by atoms with Crippen LogP contribution < -0.4 is 9.44 Å². The van der Waals surface area contributed by atoms with Gasteiger partial charge in [-0.25, -0.2) is 21.6 Å². The Morgan fingerprint density at radius 3 is 2.39 bits per heavy atom. The van der Waals surface area contributed by atoms with E-state index < -0.39 is 38.0 Å². The van der Waals surface area contributed by atoms with Gasteiger partial charge >= 0.3 is 0 Å². The number of amides is 2. The fourth-order valence-electron chi connectivity index (χ4n) is 4.16. The van der Waals surface area contributed by atoms with Crippen molar-refractivity contribution in [3.05, 3.63) is 41.4 Å². The molecule has 2 unspecified atom stereocenters. The van der Waals surface area contributed by atoms with Crippen molar-refractivity contribution in [2.75, 3.05) is 25.9 Å². The lowest BCUT2D eigenvalue weighted by Gasteiger charge is -2.33. The summed E-state index contributed by atoms with van der Waals surface area (Å²) in [5.41, 5.74) is 0. The number of rotatable bonds is 10. The minimum atomic E-state index is -3.99. The van der Waals surface area contributed by atoms with Crippen LogP contribution in [-0.2, 0) is 29.6 Å². The van der Waals surface area contributed by atoms with Crippen LogP contribution in [-0.4, -0.2) is 82.5 Å². The average Bonchev–Trinajstić information content (AvgIpc) is 3.13. The number of likely N-dealkylation sites (tertiary alicyclic amines) is 1. The molecule has 1 saturated heterocycles. The zero-order valence-electron chi connectivity index (χ0n) is 20.6. The maximum atomic E-state index is 13.1. The number of carbonyl (C=O) groups is 2. The number of halogens is 1. The molecule has 0 aliphatic carbocycles. The van der Waals surface area contributed by atoms with E-state index in [1.165, 1.54) is 21.9 Å². The van der Waals surface area contributed by atoms with Gasteiger partial charge in [0.2, 0.25) is 31.9 Å². The SMILES string of the molecule is CC(C)N(CCNS(C)(=O)=O)C(=O)C(C)N1CCC(NS(=O)(=O)c2ccc3cc(Cl)ccc3c2)C1=O. The highest BCUT2D eigenvalue weighted by atomic mass is 35.5. The molecule has 0 spiro atoms. The van der Waals surface area contributed by atoms with Crippen molar-refractivity contribution in [2.45, 2.75) is 50.2 Å². The Balaban J connectivity index is 1.69. The van der Waals surface area contributed by atoms with E-state index in [0.717, 1.165) is 11.6 Å². The van der Waals surface area contributed by atoms with Gasteiger partial charge in [0, 0.05) is 30.7 Å². The minimum absolute atomic E-state index is 0.0251. The first kappa shape index (κ1) is 28.3. The molecule has 1 heterocycles. The summed E-state index contributed by atoms with van der Waals surface area (Å²) < 4.78 is 53.5. The van der Waals surface area contributed by atoms with Crippen LogP contribution in [0.5, 0.6) is 0 Å². The van der Waals surface area contributed by atoms with Crippen molar-refractivity contribution in [3.63, 3.8) is 0 Å². The smallest absolute Gasteiger partial charge is 0.245 e. The predicted molar refractivity (Wildman–Crippen MR) is 139 cm³/mol. The second kappa shape index (κ2) is 11.0. The normalized spacial score (nSPS) is 17.7. The molecule has 3 rings (SSSR count). The molecule has 1 aliphatic rings. The molecule has 2 N–H and O–H groups in total. The molecule has 1 fully saturated rings. The first-order valence-electron chi connectivity index (χ1n) is 11.5. The molecule has 0 bridgehead atoms. The van der Waals surface area contributed by atoms with Crippen LogP contribution >= 0.6 is 11.6 Å². The maximum absolute atomic E-state index is 13.1. The lowest BCUT2D eigenvalue weighted by molar-refractivity contribution is -0.144. The molecule has 2 amide bonds. The monoisotopic (exact) mass is 558 g/mol. The maximum Gasteiger partial charge on any atom is 0.245 e. The summed E-state index contributed by atoms with van der Waals surface area (Å²) in [5.74, 6) is -0.824. The molecule has 198 valence electrons. The van der Waals surface area contributed by atoms with Crippen molar-refractivity contribution in [3.8, 4) is 0 Å². The van der Waals surface area contributed by atoms with E-state index in [0.29, 0.717) is 10.4 Å². The van der Waals surface area contributed by atoms with Crippen molar-refractivity contribution in [2.24, 2.45) is 0 Å². The third-order valence-electron chi connectivity index (χ3n) is 6.07. The van der Waals surface area contributed by atoms with Gasteiger partial charge in [-0.2, -0.15) is 4.72 Å². The largest absolute Gasteiger partial charge is 0.337 e. The summed E-state index contributed by atoms with van der Waals surface area (Å²) in [6, 6.07) is 7.69. The van der Waals surface area contributed by atoms with Gasteiger partial charge in [-0.1, -0.05) is 23.7 Å². The van der Waals surface area contributed by atoms with E-state index in [-0.39, 0.29) is 42.9 Å². The van der Waals surface area contributed by atoms with Crippen LogP contribution in [0.2, 0.25) is 5.02 Å². The number of carbonyl (C=O) groups excluding carboxylic acids is 2. The second-order valence-corrected chi connectivity index (χ2v) is 13.1. The molecule has 0 aromatic heterocycles. The molecule has 2 aromatic carbocycles. The Bertz CT molecular complexity index is 1360. The van der Waals surface area contributed by atoms with Crippen LogP contribution in [0, 0.1) is 0 Å². The Morgan fingerprint density at radius 1 is 1.11 bits per heavy atom.